The largest absolute Gasteiger partial charge is 0.469 e. The lowest BCUT2D eigenvalue weighted by atomic mass is 10.0. The van der Waals surface area contributed by atoms with Crippen LogP contribution >= 0.6 is 0 Å². The van der Waals surface area contributed by atoms with Crippen molar-refractivity contribution in [2.45, 2.75) is 18.9 Å². The fraction of sp³-hybridized carbons (Fsp3) is 0.833. The number of carbonyl (C=O) groups is 1. The van der Waals surface area contributed by atoms with Gasteiger partial charge >= 0.3 is 5.97 Å². The normalized spacial score (nSPS) is 14.2. The Kier molecular flexibility index (Phi) is 4.10. The topological polar surface area (TPSA) is 95.3 Å². The molecule has 0 aromatic heterocycles. The summed E-state index contributed by atoms with van der Waals surface area (Å²) in [6.07, 6.45) is -0.178. The Balaban J connectivity index is 4.02. The van der Waals surface area contributed by atoms with Crippen molar-refractivity contribution in [3.05, 3.63) is 10.4 Å². The van der Waals surface area contributed by atoms with Crippen LogP contribution in [0.2, 0.25) is 0 Å². The minimum atomic E-state index is -1.32. The fourth-order valence-electron chi connectivity index (χ4n) is 0.623. The molecule has 0 saturated carbocycles. The summed E-state index contributed by atoms with van der Waals surface area (Å²) in [6, 6.07) is 0. The van der Waals surface area contributed by atoms with Crippen LogP contribution in [-0.2, 0) is 9.53 Å². The number of carbonyl (C=O) groups excluding carboxylic acids is 1. The highest BCUT2D eigenvalue weighted by Crippen LogP contribution is 2.10. The van der Waals surface area contributed by atoms with Crippen LogP contribution < -0.4 is 0 Å². The number of methoxy groups -OCH3 is 1. The first-order chi connectivity index (χ1) is 5.52. The molecule has 6 nitrogen and oxygen atoms in total. The minimum Gasteiger partial charge on any atom is -0.469 e. The molecule has 0 saturated heterocycles. The highest BCUT2D eigenvalue weighted by molar-refractivity contribution is 5.70. The molecule has 0 unspecified atom stereocenters. The van der Waals surface area contributed by atoms with Gasteiger partial charge < -0.3 is 9.84 Å². The number of hydrogen-bond donors (Lipinski definition) is 1. The van der Waals surface area contributed by atoms with Crippen molar-refractivity contribution in [3.8, 4) is 0 Å². The van der Waals surface area contributed by atoms with Gasteiger partial charge in [0.1, 0.15) is 0 Å². The van der Waals surface area contributed by atoms with Crippen LogP contribution in [0.4, 0.5) is 0 Å². The van der Waals surface area contributed by atoms with E-state index in [9.17, 15) is 9.90 Å². The lowest BCUT2D eigenvalue weighted by Crippen LogP contribution is -2.31. The number of ether oxygens (including phenoxy) is 1. The van der Waals surface area contributed by atoms with Crippen LogP contribution in [0.3, 0.4) is 0 Å². The molecule has 0 aliphatic carbocycles. The molecule has 0 aliphatic heterocycles. The summed E-state index contributed by atoms with van der Waals surface area (Å²) in [7, 11) is 1.23. The van der Waals surface area contributed by atoms with Gasteiger partial charge in [0.05, 0.1) is 25.7 Å². The molecule has 0 aromatic carbocycles. The molecule has 0 bridgehead atoms. The average Bonchev–Trinajstić information content (AvgIpc) is 2.00. The van der Waals surface area contributed by atoms with Crippen LogP contribution in [0.1, 0.15) is 13.3 Å². The SMILES string of the molecule is COC(=O)C[C@@](C)(O)CN=[N+]=[N-]. The van der Waals surface area contributed by atoms with Crippen molar-refractivity contribution in [1.29, 1.82) is 0 Å². The lowest BCUT2D eigenvalue weighted by Gasteiger charge is -2.18. The van der Waals surface area contributed by atoms with E-state index in [1.54, 1.807) is 0 Å². The Bertz CT molecular complexity index is 208. The predicted molar refractivity (Wildman–Crippen MR) is 41.3 cm³/mol. The Morgan fingerprint density at radius 3 is 2.83 bits per heavy atom. The molecule has 0 amide bonds. The van der Waals surface area contributed by atoms with Gasteiger partial charge in [-0.25, -0.2) is 0 Å². The number of nitrogens with zero attached hydrogens (tertiary/aromatic N) is 3. The second-order valence-electron chi connectivity index (χ2n) is 2.64. The smallest absolute Gasteiger partial charge is 0.308 e. The fourth-order valence-corrected chi connectivity index (χ4v) is 0.623. The van der Waals surface area contributed by atoms with Crippen LogP contribution in [0.5, 0.6) is 0 Å². The van der Waals surface area contributed by atoms with E-state index in [2.05, 4.69) is 14.8 Å². The van der Waals surface area contributed by atoms with E-state index in [1.165, 1.54) is 14.0 Å². The lowest BCUT2D eigenvalue weighted by molar-refractivity contribution is -0.145. The molecule has 12 heavy (non-hydrogen) atoms. The zero-order valence-corrected chi connectivity index (χ0v) is 7.02. The maximum Gasteiger partial charge on any atom is 0.308 e. The molecule has 0 spiro atoms. The van der Waals surface area contributed by atoms with Gasteiger partial charge in [0.2, 0.25) is 0 Å². The zero-order chi connectivity index (χ0) is 9.61. The predicted octanol–water partition coefficient (Wildman–Crippen LogP) is 0.611. The monoisotopic (exact) mass is 173 g/mol. The standard InChI is InChI=1S/C6H11N3O3/c1-6(11,4-8-9-7)3-5(10)12-2/h11H,3-4H2,1-2H3/t6-/m1/s1. The number of aliphatic hydroxyl groups is 1. The molecule has 0 rings (SSSR count). The molecular weight excluding hydrogens is 162 g/mol. The number of esters is 1. The highest BCUT2D eigenvalue weighted by Gasteiger charge is 2.23. The molecule has 0 heterocycles. The van der Waals surface area contributed by atoms with E-state index in [-0.39, 0.29) is 13.0 Å². The maximum atomic E-state index is 10.7. The van der Waals surface area contributed by atoms with Gasteiger partial charge in [-0.05, 0) is 12.5 Å². The summed E-state index contributed by atoms with van der Waals surface area (Å²) in [5.74, 6) is -0.534. The summed E-state index contributed by atoms with van der Waals surface area (Å²) in [5.41, 5.74) is 6.63. The van der Waals surface area contributed by atoms with Gasteiger partial charge in [-0.3, -0.25) is 4.79 Å². The molecule has 68 valence electrons. The van der Waals surface area contributed by atoms with Crippen molar-refractivity contribution in [2.24, 2.45) is 5.11 Å². The third-order valence-corrected chi connectivity index (χ3v) is 1.23. The van der Waals surface area contributed by atoms with Gasteiger partial charge in [0, 0.05) is 4.91 Å². The van der Waals surface area contributed by atoms with Crippen molar-refractivity contribution >= 4 is 5.97 Å². The van der Waals surface area contributed by atoms with Gasteiger partial charge in [-0.2, -0.15) is 0 Å². The Labute approximate surface area is 69.8 Å². The maximum absolute atomic E-state index is 10.7. The zero-order valence-electron chi connectivity index (χ0n) is 7.02. The molecule has 1 N–H and O–H groups in total. The van der Waals surface area contributed by atoms with Crippen LogP contribution in [0.25, 0.3) is 10.4 Å². The van der Waals surface area contributed by atoms with Crippen LogP contribution in [0.15, 0.2) is 5.11 Å². The second-order valence-corrected chi connectivity index (χ2v) is 2.64. The first kappa shape index (κ1) is 10.7. The van der Waals surface area contributed by atoms with Gasteiger partial charge in [-0.1, -0.05) is 5.11 Å². The number of azide groups is 1. The van der Waals surface area contributed by atoms with E-state index in [0.717, 1.165) is 0 Å². The first-order valence-electron chi connectivity index (χ1n) is 3.32. The third-order valence-electron chi connectivity index (χ3n) is 1.23. The van der Waals surface area contributed by atoms with E-state index < -0.39 is 11.6 Å². The molecule has 6 heteroatoms. The van der Waals surface area contributed by atoms with Crippen molar-refractivity contribution in [2.75, 3.05) is 13.7 Å². The van der Waals surface area contributed by atoms with Gasteiger partial charge in [-0.15, -0.1) is 0 Å². The van der Waals surface area contributed by atoms with Gasteiger partial charge in [0.25, 0.3) is 0 Å². The van der Waals surface area contributed by atoms with E-state index >= 15 is 0 Å². The van der Waals surface area contributed by atoms with E-state index in [1.807, 2.05) is 0 Å². The highest BCUT2D eigenvalue weighted by atomic mass is 16.5. The summed E-state index contributed by atoms with van der Waals surface area (Å²) in [6.45, 7) is 1.26. The molecule has 0 aromatic rings. The Morgan fingerprint density at radius 2 is 2.42 bits per heavy atom. The molecule has 0 fully saturated rings. The molecule has 0 aliphatic rings. The number of rotatable bonds is 4. The quantitative estimate of drug-likeness (QED) is 0.292. The van der Waals surface area contributed by atoms with Crippen molar-refractivity contribution < 1.29 is 14.6 Å². The summed E-state index contributed by atoms with van der Waals surface area (Å²) >= 11 is 0. The summed E-state index contributed by atoms with van der Waals surface area (Å²) < 4.78 is 4.33. The van der Waals surface area contributed by atoms with Crippen LogP contribution in [0, 0.1) is 0 Å². The molecule has 1 atom stereocenters. The second kappa shape index (κ2) is 4.58. The first-order valence-corrected chi connectivity index (χ1v) is 3.32. The van der Waals surface area contributed by atoms with Crippen LogP contribution in [-0.4, -0.2) is 30.3 Å². The molecule has 0 radical (unpaired) electrons. The summed E-state index contributed by atoms with van der Waals surface area (Å²) in [5, 5.41) is 12.5. The Hall–Kier alpha value is -1.26. The third kappa shape index (κ3) is 4.54. The Morgan fingerprint density at radius 1 is 1.83 bits per heavy atom. The number of hydrogen-bond acceptors (Lipinski definition) is 4. The van der Waals surface area contributed by atoms with E-state index in [4.69, 9.17) is 5.53 Å². The minimum absolute atomic E-state index is 0.140. The van der Waals surface area contributed by atoms with Crippen molar-refractivity contribution in [3.63, 3.8) is 0 Å². The molecular formula is C6H11N3O3. The summed E-state index contributed by atoms with van der Waals surface area (Å²) in [4.78, 5) is 13.1. The van der Waals surface area contributed by atoms with Crippen molar-refractivity contribution in [1.82, 2.24) is 0 Å². The van der Waals surface area contributed by atoms with E-state index in [0.29, 0.717) is 0 Å². The van der Waals surface area contributed by atoms with Gasteiger partial charge in [0.15, 0.2) is 0 Å². The average molecular weight is 173 g/mol.